The number of aromatic nitrogens is 1. The van der Waals surface area contributed by atoms with Crippen molar-refractivity contribution < 1.29 is 9.53 Å². The summed E-state index contributed by atoms with van der Waals surface area (Å²) in [6, 6.07) is 17.7. The number of rotatable bonds is 7. The van der Waals surface area contributed by atoms with Crippen LogP contribution < -0.4 is 5.32 Å². The van der Waals surface area contributed by atoms with E-state index in [4.69, 9.17) is 10.00 Å². The minimum absolute atomic E-state index is 0.0745. The lowest BCUT2D eigenvalue weighted by Gasteiger charge is -2.39. The molecule has 0 saturated carbocycles. The molecule has 1 N–H and O–H groups in total. The molecule has 4 rings (SSSR count). The van der Waals surface area contributed by atoms with E-state index in [1.807, 2.05) is 30.3 Å². The predicted octanol–water partition coefficient (Wildman–Crippen LogP) is 2.19. The van der Waals surface area contributed by atoms with E-state index in [0.717, 1.165) is 30.6 Å². The van der Waals surface area contributed by atoms with Crippen molar-refractivity contribution in [3.05, 3.63) is 65.5 Å². The van der Waals surface area contributed by atoms with Crippen molar-refractivity contribution in [1.82, 2.24) is 15.2 Å². The summed E-state index contributed by atoms with van der Waals surface area (Å²) in [5.74, 6) is -0.0745. The fourth-order valence-corrected chi connectivity index (χ4v) is 4.27. The van der Waals surface area contributed by atoms with Crippen molar-refractivity contribution in [2.75, 3.05) is 26.3 Å². The lowest BCUT2D eigenvalue weighted by molar-refractivity contribution is -0.138. The standard InChI is InChI=1S/C24H25N5O2/c25-13-20-6-4-19(5-7-20)8-9-23(22(30)28-24(15-26)17-31-18-24)10-12-29(16-23)14-21-3-1-2-11-27-21/h1-7,11H,8-10,12,14,16-18H2,(H,28,30)/t23-/m1/s1. The number of nitriles is 2. The monoisotopic (exact) mass is 415 g/mol. The molecule has 2 fully saturated rings. The van der Waals surface area contributed by atoms with Crippen LogP contribution in [0, 0.1) is 28.1 Å². The van der Waals surface area contributed by atoms with E-state index < -0.39 is 11.0 Å². The summed E-state index contributed by atoms with van der Waals surface area (Å²) in [6.45, 7) is 2.58. The quantitative estimate of drug-likeness (QED) is 0.744. The molecule has 2 aliphatic rings. The number of nitrogens with zero attached hydrogens (tertiary/aromatic N) is 4. The number of carbonyl (C=O) groups excluding carboxylic acids is 1. The number of amides is 1. The minimum Gasteiger partial charge on any atom is -0.374 e. The van der Waals surface area contributed by atoms with Crippen LogP contribution in [0.3, 0.4) is 0 Å². The van der Waals surface area contributed by atoms with Gasteiger partial charge in [-0.2, -0.15) is 10.5 Å². The molecule has 0 spiro atoms. The molecule has 2 aromatic rings. The minimum atomic E-state index is -0.910. The largest absolute Gasteiger partial charge is 0.374 e. The molecule has 0 aliphatic carbocycles. The van der Waals surface area contributed by atoms with Gasteiger partial charge in [-0.3, -0.25) is 14.7 Å². The van der Waals surface area contributed by atoms with Crippen LogP contribution in [-0.4, -0.2) is 47.6 Å². The topological polar surface area (TPSA) is 102 Å². The SMILES string of the molecule is N#Cc1ccc(CC[C@@]2(C(=O)NC3(C#N)COC3)CCN(Cc3ccccn3)C2)cc1. The Kier molecular flexibility index (Phi) is 5.99. The zero-order valence-corrected chi connectivity index (χ0v) is 17.4. The van der Waals surface area contributed by atoms with Crippen LogP contribution in [0.5, 0.6) is 0 Å². The lowest BCUT2D eigenvalue weighted by atomic mass is 9.79. The van der Waals surface area contributed by atoms with Crippen molar-refractivity contribution in [2.24, 2.45) is 5.41 Å². The van der Waals surface area contributed by atoms with Crippen LogP contribution in [0.25, 0.3) is 0 Å². The molecule has 158 valence electrons. The number of ether oxygens (including phenoxy) is 1. The molecular formula is C24H25N5O2. The Bertz CT molecular complexity index is 1010. The molecule has 3 heterocycles. The maximum atomic E-state index is 13.5. The van der Waals surface area contributed by atoms with Crippen molar-refractivity contribution in [3.8, 4) is 12.1 Å². The Hall–Kier alpha value is -3.26. The highest BCUT2D eigenvalue weighted by Gasteiger charge is 2.49. The van der Waals surface area contributed by atoms with Crippen LogP contribution >= 0.6 is 0 Å². The molecule has 1 atom stereocenters. The summed E-state index contributed by atoms with van der Waals surface area (Å²) in [7, 11) is 0. The second kappa shape index (κ2) is 8.85. The van der Waals surface area contributed by atoms with Gasteiger partial charge in [-0.05, 0) is 55.6 Å². The fourth-order valence-electron chi connectivity index (χ4n) is 4.27. The normalized spacial score (nSPS) is 22.1. The van der Waals surface area contributed by atoms with E-state index >= 15 is 0 Å². The first kappa shape index (κ1) is 21.0. The van der Waals surface area contributed by atoms with E-state index in [2.05, 4.69) is 27.3 Å². The summed E-state index contributed by atoms with van der Waals surface area (Å²) in [4.78, 5) is 20.1. The Labute approximate surface area is 182 Å². The first-order valence-electron chi connectivity index (χ1n) is 10.5. The van der Waals surface area contributed by atoms with E-state index in [0.29, 0.717) is 25.1 Å². The average molecular weight is 415 g/mol. The maximum Gasteiger partial charge on any atom is 0.228 e. The van der Waals surface area contributed by atoms with Gasteiger partial charge in [0.1, 0.15) is 0 Å². The Morgan fingerprint density at radius 1 is 1.19 bits per heavy atom. The zero-order valence-electron chi connectivity index (χ0n) is 17.4. The highest BCUT2D eigenvalue weighted by molar-refractivity contribution is 5.84. The van der Waals surface area contributed by atoms with E-state index in [1.165, 1.54) is 0 Å². The third-order valence-corrected chi connectivity index (χ3v) is 6.27. The molecule has 2 saturated heterocycles. The number of likely N-dealkylation sites (tertiary alicyclic amines) is 1. The summed E-state index contributed by atoms with van der Waals surface area (Å²) < 4.78 is 5.19. The van der Waals surface area contributed by atoms with E-state index in [-0.39, 0.29) is 19.1 Å². The Balaban J connectivity index is 1.49. The lowest BCUT2D eigenvalue weighted by Crippen LogP contribution is -2.64. The van der Waals surface area contributed by atoms with E-state index in [9.17, 15) is 10.1 Å². The smallest absolute Gasteiger partial charge is 0.228 e. The van der Waals surface area contributed by atoms with Crippen LogP contribution in [0.15, 0.2) is 48.7 Å². The molecule has 7 nitrogen and oxygen atoms in total. The molecule has 0 radical (unpaired) electrons. The van der Waals surface area contributed by atoms with Gasteiger partial charge in [-0.15, -0.1) is 0 Å². The fraction of sp³-hybridized carbons (Fsp3) is 0.417. The summed E-state index contributed by atoms with van der Waals surface area (Å²) in [6.07, 6.45) is 3.91. The van der Waals surface area contributed by atoms with Crippen molar-refractivity contribution in [2.45, 2.75) is 31.3 Å². The van der Waals surface area contributed by atoms with Gasteiger partial charge in [0.15, 0.2) is 5.54 Å². The summed E-state index contributed by atoms with van der Waals surface area (Å²) in [5.41, 5.74) is 1.21. The summed E-state index contributed by atoms with van der Waals surface area (Å²) in [5, 5.41) is 21.5. The molecule has 0 unspecified atom stereocenters. The van der Waals surface area contributed by atoms with Gasteiger partial charge in [-0.1, -0.05) is 18.2 Å². The van der Waals surface area contributed by atoms with Crippen molar-refractivity contribution >= 4 is 5.91 Å². The molecular weight excluding hydrogens is 390 g/mol. The Morgan fingerprint density at radius 3 is 2.61 bits per heavy atom. The second-order valence-corrected chi connectivity index (χ2v) is 8.51. The van der Waals surface area contributed by atoms with Gasteiger partial charge < -0.3 is 10.1 Å². The number of benzene rings is 1. The molecule has 31 heavy (non-hydrogen) atoms. The average Bonchev–Trinajstić information content (AvgIpc) is 3.20. The zero-order chi connectivity index (χ0) is 21.7. The predicted molar refractivity (Wildman–Crippen MR) is 113 cm³/mol. The maximum absolute atomic E-state index is 13.5. The first-order chi connectivity index (χ1) is 15.1. The van der Waals surface area contributed by atoms with Crippen LogP contribution in [0.4, 0.5) is 0 Å². The van der Waals surface area contributed by atoms with Crippen LogP contribution in [0.2, 0.25) is 0 Å². The number of hydrogen-bond acceptors (Lipinski definition) is 6. The Morgan fingerprint density at radius 2 is 2.00 bits per heavy atom. The molecule has 7 heteroatoms. The highest BCUT2D eigenvalue weighted by Crippen LogP contribution is 2.37. The van der Waals surface area contributed by atoms with Crippen LogP contribution in [-0.2, 0) is 22.5 Å². The van der Waals surface area contributed by atoms with Crippen molar-refractivity contribution in [1.29, 1.82) is 10.5 Å². The number of pyridine rings is 1. The van der Waals surface area contributed by atoms with Gasteiger partial charge in [0, 0.05) is 19.3 Å². The third-order valence-electron chi connectivity index (χ3n) is 6.27. The van der Waals surface area contributed by atoms with Crippen LogP contribution in [0.1, 0.15) is 29.7 Å². The van der Waals surface area contributed by atoms with Gasteiger partial charge in [-0.25, -0.2) is 0 Å². The number of nitrogens with one attached hydrogen (secondary N) is 1. The highest BCUT2D eigenvalue weighted by atomic mass is 16.5. The second-order valence-electron chi connectivity index (χ2n) is 8.51. The first-order valence-corrected chi connectivity index (χ1v) is 10.5. The number of hydrogen-bond donors (Lipinski definition) is 1. The summed E-state index contributed by atoms with van der Waals surface area (Å²) >= 11 is 0. The molecule has 1 aromatic carbocycles. The molecule has 1 amide bonds. The molecule has 0 bridgehead atoms. The number of aryl methyl sites for hydroxylation is 1. The van der Waals surface area contributed by atoms with Gasteiger partial charge in [0.25, 0.3) is 0 Å². The third kappa shape index (κ3) is 4.59. The van der Waals surface area contributed by atoms with E-state index in [1.54, 1.807) is 18.3 Å². The number of carbonyl (C=O) groups is 1. The van der Waals surface area contributed by atoms with Gasteiger partial charge >= 0.3 is 0 Å². The molecule has 2 aliphatic heterocycles. The van der Waals surface area contributed by atoms with Gasteiger partial charge in [0.2, 0.25) is 5.91 Å². The molecule has 1 aromatic heterocycles. The van der Waals surface area contributed by atoms with Gasteiger partial charge in [0.05, 0.1) is 42.0 Å². The van der Waals surface area contributed by atoms with Crippen molar-refractivity contribution in [3.63, 3.8) is 0 Å².